The molecule has 1 atom stereocenters. The zero-order valence-electron chi connectivity index (χ0n) is 22.9. The van der Waals surface area contributed by atoms with Gasteiger partial charge >= 0.3 is 12.6 Å². The first-order valence-corrected chi connectivity index (χ1v) is 15.2. The Labute approximate surface area is 256 Å². The van der Waals surface area contributed by atoms with Gasteiger partial charge in [0.25, 0.3) is 0 Å². The minimum Gasteiger partial charge on any atom is -0.619 e. The maximum absolute atomic E-state index is 13.1. The molecule has 1 unspecified atom stereocenters. The number of sulfone groups is 1. The lowest BCUT2D eigenvalue weighted by molar-refractivity contribution is -0.605. The summed E-state index contributed by atoms with van der Waals surface area (Å²) in [7, 11) is -1.49. The Balaban J connectivity index is 1.65. The van der Waals surface area contributed by atoms with Gasteiger partial charge in [-0.3, -0.25) is 4.79 Å². The van der Waals surface area contributed by atoms with Crippen molar-refractivity contribution in [3.8, 4) is 23.0 Å². The molecule has 15 heteroatoms. The van der Waals surface area contributed by atoms with Crippen molar-refractivity contribution in [2.75, 3.05) is 26.6 Å². The molecule has 4 rings (SSSR count). The third-order valence-electron chi connectivity index (χ3n) is 6.47. The number of hydrogen-bond donors (Lipinski definition) is 0. The van der Waals surface area contributed by atoms with Crippen molar-refractivity contribution >= 4 is 39.0 Å². The van der Waals surface area contributed by atoms with Gasteiger partial charge in [-0.1, -0.05) is 29.3 Å². The van der Waals surface area contributed by atoms with Gasteiger partial charge < -0.3 is 28.9 Å². The number of ether oxygens (including phenoxy) is 5. The second kappa shape index (κ2) is 13.8. The third kappa shape index (κ3) is 8.52. The molecule has 2 aromatic carbocycles. The Bertz CT molecular complexity index is 1560. The van der Waals surface area contributed by atoms with Crippen LogP contribution in [0.3, 0.4) is 0 Å². The molecular weight excluding hydrogens is 635 g/mol. The summed E-state index contributed by atoms with van der Waals surface area (Å²) in [6.45, 7) is -2.86. The van der Waals surface area contributed by atoms with Gasteiger partial charge in [-0.05, 0) is 48.6 Å². The summed E-state index contributed by atoms with van der Waals surface area (Å²) in [5, 5.41) is 11.7. The fraction of sp³-hybridized carbons (Fsp3) is 0.357. The average molecular weight is 662 g/mol. The van der Waals surface area contributed by atoms with E-state index >= 15 is 0 Å². The SMILES string of the molecule is COc1ccc(S(=O)(=O)CC(=O)OC(Cc2c(Cl)c[n+]([O-])cc2Cl)c2ccc(OC(F)F)c(OCC3CC3)c2)cc1OC. The Kier molecular flexibility index (Phi) is 10.4. The molecule has 3 aromatic rings. The number of alkyl halides is 2. The lowest BCUT2D eigenvalue weighted by Crippen LogP contribution is -2.26. The van der Waals surface area contributed by atoms with Crippen molar-refractivity contribution in [1.82, 2.24) is 0 Å². The number of benzene rings is 2. The van der Waals surface area contributed by atoms with E-state index in [0.29, 0.717) is 10.5 Å². The molecule has 10 nitrogen and oxygen atoms in total. The highest BCUT2D eigenvalue weighted by molar-refractivity contribution is 7.92. The number of halogens is 4. The lowest BCUT2D eigenvalue weighted by atomic mass is 10.0. The number of carbonyl (C=O) groups is 1. The summed E-state index contributed by atoms with van der Waals surface area (Å²) in [5.74, 6) is -1.72. The summed E-state index contributed by atoms with van der Waals surface area (Å²) in [4.78, 5) is 12.9. The van der Waals surface area contributed by atoms with Crippen molar-refractivity contribution in [2.24, 2.45) is 5.92 Å². The number of nitrogens with zero attached hydrogens (tertiary/aromatic N) is 1. The minimum absolute atomic E-state index is 0.0219. The standard InChI is InChI=1S/C28H27Cl2F2NO9S/c1-38-22-8-6-18(10-25(22)39-2)43(36,37)15-27(34)41-24(11-19-20(29)12-33(35)13-21(19)30)17-5-7-23(42-28(31)32)26(9-17)40-14-16-3-4-16/h5-10,12-13,16,24,28H,3-4,11,14-15H2,1-2H3. The smallest absolute Gasteiger partial charge is 0.387 e. The molecule has 0 saturated heterocycles. The normalized spacial score (nSPS) is 13.8. The van der Waals surface area contributed by atoms with E-state index in [2.05, 4.69) is 4.74 Å². The Morgan fingerprint density at radius 1 is 1.00 bits per heavy atom. The molecule has 1 aromatic heterocycles. The van der Waals surface area contributed by atoms with Crippen LogP contribution in [0.2, 0.25) is 10.0 Å². The fourth-order valence-electron chi connectivity index (χ4n) is 4.10. The van der Waals surface area contributed by atoms with Crippen LogP contribution in [-0.4, -0.2) is 47.6 Å². The van der Waals surface area contributed by atoms with E-state index in [4.69, 9.17) is 42.1 Å². The summed E-state index contributed by atoms with van der Waals surface area (Å²) in [6, 6.07) is 7.80. The number of aromatic nitrogens is 1. The highest BCUT2D eigenvalue weighted by atomic mass is 35.5. The molecule has 0 aliphatic heterocycles. The second-order valence-corrected chi connectivity index (χ2v) is 12.4. The molecule has 1 fully saturated rings. The van der Waals surface area contributed by atoms with Crippen LogP contribution in [0.1, 0.15) is 30.1 Å². The zero-order chi connectivity index (χ0) is 31.3. The van der Waals surface area contributed by atoms with E-state index in [1.54, 1.807) is 0 Å². The van der Waals surface area contributed by atoms with E-state index in [1.807, 2.05) is 0 Å². The molecule has 0 spiro atoms. The molecular formula is C28H27Cl2F2NO9S. The van der Waals surface area contributed by atoms with Crippen LogP contribution >= 0.6 is 23.2 Å². The highest BCUT2D eigenvalue weighted by Crippen LogP contribution is 2.38. The largest absolute Gasteiger partial charge is 0.619 e. The van der Waals surface area contributed by atoms with Crippen LogP contribution in [0.5, 0.6) is 23.0 Å². The average Bonchev–Trinajstić information content (AvgIpc) is 3.77. The van der Waals surface area contributed by atoms with Crippen molar-refractivity contribution in [1.29, 1.82) is 0 Å². The predicted molar refractivity (Wildman–Crippen MR) is 151 cm³/mol. The minimum atomic E-state index is -4.21. The van der Waals surface area contributed by atoms with Gasteiger partial charge in [0.05, 0.1) is 25.7 Å². The molecule has 0 radical (unpaired) electrons. The van der Waals surface area contributed by atoms with Crippen molar-refractivity contribution in [3.63, 3.8) is 0 Å². The number of carbonyl (C=O) groups excluding carboxylic acids is 1. The highest BCUT2D eigenvalue weighted by Gasteiger charge is 2.29. The van der Waals surface area contributed by atoms with Crippen LogP contribution in [0.4, 0.5) is 8.78 Å². The Morgan fingerprint density at radius 3 is 2.26 bits per heavy atom. The second-order valence-electron chi connectivity index (χ2n) is 9.59. The first-order valence-electron chi connectivity index (χ1n) is 12.8. The van der Waals surface area contributed by atoms with E-state index < -0.39 is 34.3 Å². The molecule has 0 bridgehead atoms. The van der Waals surface area contributed by atoms with Gasteiger partial charge in [-0.2, -0.15) is 13.5 Å². The van der Waals surface area contributed by atoms with Crippen molar-refractivity contribution in [3.05, 3.63) is 75.2 Å². The summed E-state index contributed by atoms with van der Waals surface area (Å²) in [5.41, 5.74) is 0.472. The molecule has 0 N–H and O–H groups in total. The Morgan fingerprint density at radius 2 is 1.65 bits per heavy atom. The first kappa shape index (κ1) is 32.4. The van der Waals surface area contributed by atoms with Crippen LogP contribution < -0.4 is 23.7 Å². The summed E-state index contributed by atoms with van der Waals surface area (Å²) >= 11 is 12.5. The molecule has 1 heterocycles. The van der Waals surface area contributed by atoms with E-state index in [0.717, 1.165) is 25.2 Å². The number of esters is 1. The number of methoxy groups -OCH3 is 2. The van der Waals surface area contributed by atoms with Crippen LogP contribution in [-0.2, 0) is 25.8 Å². The predicted octanol–water partition coefficient (Wildman–Crippen LogP) is 5.34. The maximum Gasteiger partial charge on any atom is 0.387 e. The summed E-state index contributed by atoms with van der Waals surface area (Å²) in [6.07, 6.45) is 2.54. The van der Waals surface area contributed by atoms with E-state index in [-0.39, 0.29) is 62.3 Å². The molecule has 43 heavy (non-hydrogen) atoms. The molecule has 1 aliphatic rings. The zero-order valence-corrected chi connectivity index (χ0v) is 25.3. The lowest BCUT2D eigenvalue weighted by Gasteiger charge is -2.21. The van der Waals surface area contributed by atoms with Crippen LogP contribution in [0.15, 0.2) is 53.7 Å². The van der Waals surface area contributed by atoms with Crippen molar-refractivity contribution < 1.29 is 50.4 Å². The molecule has 1 aliphatic carbocycles. The Hall–Kier alpha value is -3.55. The maximum atomic E-state index is 13.1. The topological polar surface area (TPSA) is 124 Å². The van der Waals surface area contributed by atoms with Gasteiger partial charge in [0.1, 0.15) is 16.1 Å². The number of pyridine rings is 1. The van der Waals surface area contributed by atoms with Gasteiger partial charge in [-0.25, -0.2) is 8.42 Å². The fourth-order valence-corrected chi connectivity index (χ4v) is 5.81. The van der Waals surface area contributed by atoms with E-state index in [1.165, 1.54) is 50.6 Å². The van der Waals surface area contributed by atoms with Gasteiger partial charge in [-0.15, -0.1) is 0 Å². The van der Waals surface area contributed by atoms with Crippen LogP contribution in [0.25, 0.3) is 0 Å². The monoisotopic (exact) mass is 661 g/mol. The van der Waals surface area contributed by atoms with Crippen LogP contribution in [0, 0.1) is 11.1 Å². The number of rotatable bonds is 14. The van der Waals surface area contributed by atoms with Crippen molar-refractivity contribution in [2.45, 2.75) is 36.9 Å². The summed E-state index contributed by atoms with van der Waals surface area (Å²) < 4.78 is 79.0. The third-order valence-corrected chi connectivity index (χ3v) is 8.71. The van der Waals surface area contributed by atoms with E-state index in [9.17, 15) is 27.2 Å². The first-order chi connectivity index (χ1) is 20.4. The van der Waals surface area contributed by atoms with Gasteiger partial charge in [0.2, 0.25) is 0 Å². The van der Waals surface area contributed by atoms with Gasteiger partial charge in [0, 0.05) is 18.1 Å². The quantitative estimate of drug-likeness (QED) is 0.128. The molecule has 232 valence electrons. The van der Waals surface area contributed by atoms with Gasteiger partial charge in [0.15, 0.2) is 51.0 Å². The molecule has 0 amide bonds. The molecule has 1 saturated carbocycles. The number of hydrogen-bond acceptors (Lipinski definition) is 9.